The molecule has 5 nitrogen and oxygen atoms in total. The first-order valence-electron chi connectivity index (χ1n) is 7.53. The predicted octanol–water partition coefficient (Wildman–Crippen LogP) is 3.74. The molecule has 0 saturated heterocycles. The zero-order valence-electron chi connectivity index (χ0n) is 13.9. The van der Waals surface area contributed by atoms with Gasteiger partial charge in [0.1, 0.15) is 0 Å². The van der Waals surface area contributed by atoms with Crippen LogP contribution < -0.4 is 14.9 Å². The van der Waals surface area contributed by atoms with Gasteiger partial charge < -0.3 is 9.47 Å². The summed E-state index contributed by atoms with van der Waals surface area (Å²) in [4.78, 5) is 4.62. The van der Waals surface area contributed by atoms with Gasteiger partial charge >= 0.3 is 0 Å². The van der Waals surface area contributed by atoms with E-state index in [-0.39, 0.29) is 0 Å². The Hall–Kier alpha value is -2.47. The van der Waals surface area contributed by atoms with Crippen LogP contribution in [-0.4, -0.2) is 30.9 Å². The number of rotatable bonds is 4. The van der Waals surface area contributed by atoms with E-state index in [1.807, 2.05) is 49.4 Å². The minimum Gasteiger partial charge on any atom is -0.493 e. The van der Waals surface area contributed by atoms with Crippen LogP contribution in [0.2, 0.25) is 0 Å². The molecule has 0 aromatic heterocycles. The fourth-order valence-electron chi connectivity index (χ4n) is 2.34. The van der Waals surface area contributed by atoms with Crippen molar-refractivity contribution in [2.24, 2.45) is 10.1 Å². The van der Waals surface area contributed by atoms with Gasteiger partial charge in [-0.3, -0.25) is 5.43 Å². The molecule has 0 atom stereocenters. The van der Waals surface area contributed by atoms with Crippen molar-refractivity contribution >= 4 is 28.3 Å². The van der Waals surface area contributed by atoms with Crippen LogP contribution in [0.5, 0.6) is 11.5 Å². The molecule has 1 aliphatic heterocycles. The third-order valence-corrected chi connectivity index (χ3v) is 4.56. The van der Waals surface area contributed by atoms with Gasteiger partial charge in [-0.2, -0.15) is 5.10 Å². The summed E-state index contributed by atoms with van der Waals surface area (Å²) in [6.07, 6.45) is 0. The van der Waals surface area contributed by atoms with Crippen LogP contribution in [0.1, 0.15) is 11.1 Å². The van der Waals surface area contributed by atoms with Gasteiger partial charge in [-0.05, 0) is 36.8 Å². The van der Waals surface area contributed by atoms with Gasteiger partial charge in [-0.15, -0.1) is 0 Å². The number of aliphatic imine (C=N–C) groups is 1. The lowest BCUT2D eigenvalue weighted by atomic mass is 10.1. The lowest BCUT2D eigenvalue weighted by Crippen LogP contribution is -2.25. The van der Waals surface area contributed by atoms with E-state index >= 15 is 0 Å². The minimum atomic E-state index is 0.696. The molecular weight excluding hydrogens is 322 g/mol. The van der Waals surface area contributed by atoms with E-state index in [9.17, 15) is 0 Å². The number of aryl methyl sites for hydroxylation is 1. The summed E-state index contributed by atoms with van der Waals surface area (Å²) in [5.74, 6) is 2.15. The van der Waals surface area contributed by atoms with E-state index < -0.39 is 0 Å². The Labute approximate surface area is 145 Å². The quantitative estimate of drug-likeness (QED) is 0.920. The van der Waals surface area contributed by atoms with Crippen LogP contribution in [0.4, 0.5) is 5.69 Å². The molecule has 24 heavy (non-hydrogen) atoms. The summed E-state index contributed by atoms with van der Waals surface area (Å²) in [7, 11) is 3.26. The Morgan fingerprint density at radius 3 is 2.54 bits per heavy atom. The number of nitrogens with zero attached hydrogens (tertiary/aromatic N) is 2. The number of thioether (sulfide) groups is 1. The Bertz CT molecular complexity index is 803. The lowest BCUT2D eigenvalue weighted by molar-refractivity contribution is 0.355. The molecule has 0 spiro atoms. The predicted molar refractivity (Wildman–Crippen MR) is 100.0 cm³/mol. The van der Waals surface area contributed by atoms with Gasteiger partial charge in [0.2, 0.25) is 0 Å². The fraction of sp³-hybridized carbons (Fsp3) is 0.222. The molecule has 1 heterocycles. The largest absolute Gasteiger partial charge is 0.493 e. The molecule has 124 valence electrons. The molecule has 1 N–H and O–H groups in total. The van der Waals surface area contributed by atoms with Crippen LogP contribution >= 0.6 is 11.8 Å². The number of para-hydroxylation sites is 1. The molecule has 0 bridgehead atoms. The first kappa shape index (κ1) is 16.4. The molecule has 6 heteroatoms. The van der Waals surface area contributed by atoms with Crippen molar-refractivity contribution in [1.29, 1.82) is 0 Å². The van der Waals surface area contributed by atoms with E-state index in [1.165, 1.54) is 0 Å². The topological polar surface area (TPSA) is 55.2 Å². The monoisotopic (exact) mass is 341 g/mol. The van der Waals surface area contributed by atoms with Crippen LogP contribution in [0.25, 0.3) is 0 Å². The summed E-state index contributed by atoms with van der Waals surface area (Å²) >= 11 is 1.63. The minimum absolute atomic E-state index is 0.696. The smallest absolute Gasteiger partial charge is 0.182 e. The second kappa shape index (κ2) is 7.40. The Morgan fingerprint density at radius 2 is 1.88 bits per heavy atom. The summed E-state index contributed by atoms with van der Waals surface area (Å²) < 4.78 is 10.6. The maximum absolute atomic E-state index is 5.35. The van der Waals surface area contributed by atoms with Gasteiger partial charge in [-0.25, -0.2) is 4.99 Å². The van der Waals surface area contributed by atoms with Crippen molar-refractivity contribution < 1.29 is 9.47 Å². The maximum Gasteiger partial charge on any atom is 0.182 e. The second-order valence-corrected chi connectivity index (χ2v) is 6.20. The molecule has 0 unspecified atom stereocenters. The van der Waals surface area contributed by atoms with Gasteiger partial charge in [0.25, 0.3) is 0 Å². The fourth-order valence-corrected chi connectivity index (χ4v) is 3.11. The zero-order chi connectivity index (χ0) is 16.9. The number of hydrogen-bond donors (Lipinski definition) is 1. The van der Waals surface area contributed by atoms with Crippen LogP contribution in [-0.2, 0) is 0 Å². The number of hydrazone groups is 1. The van der Waals surface area contributed by atoms with E-state index in [1.54, 1.807) is 26.0 Å². The van der Waals surface area contributed by atoms with Gasteiger partial charge in [0, 0.05) is 11.3 Å². The molecule has 0 aliphatic carbocycles. The van der Waals surface area contributed by atoms with Crippen molar-refractivity contribution in [2.45, 2.75) is 6.92 Å². The average Bonchev–Trinajstić information content (AvgIpc) is 2.63. The summed E-state index contributed by atoms with van der Waals surface area (Å²) in [5, 5.41) is 5.26. The molecule has 0 fully saturated rings. The summed E-state index contributed by atoms with van der Waals surface area (Å²) in [6.45, 7) is 2.05. The third-order valence-electron chi connectivity index (χ3n) is 3.69. The maximum atomic E-state index is 5.35. The molecule has 0 amide bonds. The number of amidine groups is 1. The number of nitrogens with one attached hydrogen (secondary N) is 1. The lowest BCUT2D eigenvalue weighted by Gasteiger charge is -2.16. The van der Waals surface area contributed by atoms with Crippen LogP contribution in [0.3, 0.4) is 0 Å². The molecule has 2 aromatic rings. The molecule has 2 aromatic carbocycles. The van der Waals surface area contributed by atoms with Crippen molar-refractivity contribution in [3.05, 3.63) is 53.6 Å². The highest BCUT2D eigenvalue weighted by Gasteiger charge is 2.15. The van der Waals surface area contributed by atoms with E-state index in [0.29, 0.717) is 11.5 Å². The number of methoxy groups -OCH3 is 2. The Morgan fingerprint density at radius 1 is 1.08 bits per heavy atom. The second-order valence-electron chi connectivity index (χ2n) is 5.23. The SMILES string of the molecule is COc1ccc(C2=NNC(=Nc3ccccc3C)SC2)cc1OC. The zero-order valence-corrected chi connectivity index (χ0v) is 14.7. The third kappa shape index (κ3) is 3.54. The standard InChI is InChI=1S/C18H19N3O2S/c1-12-6-4-5-7-14(12)19-18-21-20-15(11-24-18)13-8-9-16(22-2)17(10-13)23-3/h4-10H,11H2,1-3H3,(H,19,21). The molecule has 0 saturated carbocycles. The number of ether oxygens (including phenoxy) is 2. The first-order chi connectivity index (χ1) is 11.7. The number of hydrogen-bond acceptors (Lipinski definition) is 5. The molecule has 0 radical (unpaired) electrons. The van der Waals surface area contributed by atoms with Gasteiger partial charge in [0.05, 0.1) is 25.6 Å². The van der Waals surface area contributed by atoms with Crippen molar-refractivity contribution in [3.8, 4) is 11.5 Å². The normalized spacial score (nSPS) is 15.6. The van der Waals surface area contributed by atoms with E-state index in [4.69, 9.17) is 9.47 Å². The summed E-state index contributed by atoms with van der Waals surface area (Å²) in [5.41, 5.74) is 7.09. The average molecular weight is 341 g/mol. The van der Waals surface area contributed by atoms with Gasteiger partial charge in [0.15, 0.2) is 16.7 Å². The number of benzene rings is 2. The van der Waals surface area contributed by atoms with Crippen molar-refractivity contribution in [3.63, 3.8) is 0 Å². The van der Waals surface area contributed by atoms with Gasteiger partial charge in [-0.1, -0.05) is 30.0 Å². The first-order valence-corrected chi connectivity index (χ1v) is 8.52. The van der Waals surface area contributed by atoms with Crippen molar-refractivity contribution in [2.75, 3.05) is 20.0 Å². The Kier molecular flexibility index (Phi) is 5.05. The van der Waals surface area contributed by atoms with Crippen molar-refractivity contribution in [1.82, 2.24) is 5.43 Å². The Balaban J connectivity index is 1.80. The molecule has 3 rings (SSSR count). The molecular formula is C18H19N3O2S. The van der Waals surface area contributed by atoms with Crippen LogP contribution in [0.15, 0.2) is 52.6 Å². The highest BCUT2D eigenvalue weighted by molar-refractivity contribution is 8.14. The highest BCUT2D eigenvalue weighted by atomic mass is 32.2. The molecule has 1 aliphatic rings. The van der Waals surface area contributed by atoms with E-state index in [2.05, 4.69) is 15.5 Å². The van der Waals surface area contributed by atoms with E-state index in [0.717, 1.165) is 33.4 Å². The highest BCUT2D eigenvalue weighted by Crippen LogP contribution is 2.29. The summed E-state index contributed by atoms with van der Waals surface area (Å²) in [6, 6.07) is 13.8. The van der Waals surface area contributed by atoms with Crippen LogP contribution in [0, 0.1) is 6.92 Å².